The molecular formula is C20H25ClN6O3. The number of likely N-dealkylation sites (tertiary alicyclic amines) is 1. The number of rotatable bonds is 4. The molecular weight excluding hydrogens is 408 g/mol. The second-order valence-corrected chi connectivity index (χ2v) is 7.56. The number of amides is 1. The van der Waals surface area contributed by atoms with Gasteiger partial charge in [0.15, 0.2) is 11.2 Å². The third-order valence-corrected chi connectivity index (χ3v) is 5.85. The maximum atomic E-state index is 13.0. The minimum Gasteiger partial charge on any atom is -0.340 e. The molecule has 4 rings (SSSR count). The van der Waals surface area contributed by atoms with Crippen LogP contribution in [0.2, 0.25) is 0 Å². The second-order valence-electron chi connectivity index (χ2n) is 7.56. The lowest BCUT2D eigenvalue weighted by molar-refractivity contribution is -0.130. The van der Waals surface area contributed by atoms with Gasteiger partial charge in [-0.15, -0.1) is 12.4 Å². The van der Waals surface area contributed by atoms with Crippen LogP contribution in [0.5, 0.6) is 0 Å². The minimum absolute atomic E-state index is 0. The fraction of sp³-hybridized carbons (Fsp3) is 0.400. The third kappa shape index (κ3) is 3.54. The van der Waals surface area contributed by atoms with Crippen LogP contribution in [-0.4, -0.2) is 49.1 Å². The van der Waals surface area contributed by atoms with E-state index in [0.29, 0.717) is 19.6 Å². The highest BCUT2D eigenvalue weighted by atomic mass is 35.5. The molecule has 1 aliphatic rings. The molecule has 1 fully saturated rings. The Hall–Kier alpha value is -2.91. The number of nitrogens with zero attached hydrogens (tertiary/aromatic N) is 5. The Morgan fingerprint density at radius 2 is 1.83 bits per heavy atom. The smallest absolute Gasteiger partial charge is 0.332 e. The van der Waals surface area contributed by atoms with Gasteiger partial charge in [0, 0.05) is 33.1 Å². The monoisotopic (exact) mass is 432 g/mol. The average molecular weight is 433 g/mol. The molecule has 2 N–H and O–H groups in total. The molecule has 1 aliphatic heterocycles. The van der Waals surface area contributed by atoms with Crippen LogP contribution in [0, 0.1) is 5.92 Å². The Balaban J connectivity index is 0.00000256. The number of imidazole rings is 1. The molecule has 9 nitrogen and oxygen atoms in total. The zero-order chi connectivity index (χ0) is 20.7. The number of nitrogens with two attached hydrogens (primary N) is 1. The lowest BCUT2D eigenvalue weighted by Gasteiger charge is -2.17. The zero-order valence-corrected chi connectivity index (χ0v) is 17.7. The van der Waals surface area contributed by atoms with E-state index in [0.717, 1.165) is 4.57 Å². The van der Waals surface area contributed by atoms with Crippen LogP contribution in [0.3, 0.4) is 0 Å². The van der Waals surface area contributed by atoms with E-state index in [-0.39, 0.29) is 47.9 Å². The van der Waals surface area contributed by atoms with Gasteiger partial charge in [-0.1, -0.05) is 30.3 Å². The zero-order valence-electron chi connectivity index (χ0n) is 16.9. The van der Waals surface area contributed by atoms with Gasteiger partial charge in [0.05, 0.1) is 6.33 Å². The predicted octanol–water partition coefficient (Wildman–Crippen LogP) is 0.0564. The van der Waals surface area contributed by atoms with Crippen LogP contribution in [0.1, 0.15) is 11.5 Å². The van der Waals surface area contributed by atoms with E-state index in [9.17, 15) is 14.4 Å². The lowest BCUT2D eigenvalue weighted by Crippen LogP contribution is -2.38. The van der Waals surface area contributed by atoms with E-state index >= 15 is 0 Å². The van der Waals surface area contributed by atoms with Gasteiger partial charge in [0.25, 0.3) is 5.56 Å². The molecule has 2 atom stereocenters. The lowest BCUT2D eigenvalue weighted by atomic mass is 9.89. The van der Waals surface area contributed by atoms with E-state index < -0.39 is 11.2 Å². The highest BCUT2D eigenvalue weighted by Gasteiger charge is 2.35. The summed E-state index contributed by atoms with van der Waals surface area (Å²) in [5.41, 5.74) is 6.76. The Morgan fingerprint density at radius 3 is 2.50 bits per heavy atom. The summed E-state index contributed by atoms with van der Waals surface area (Å²) >= 11 is 0. The first-order valence-electron chi connectivity index (χ1n) is 9.56. The van der Waals surface area contributed by atoms with Gasteiger partial charge >= 0.3 is 5.69 Å². The topological polar surface area (TPSA) is 108 Å². The normalized spacial score (nSPS) is 18.6. The highest BCUT2D eigenvalue weighted by Crippen LogP contribution is 2.32. The Morgan fingerprint density at radius 1 is 1.13 bits per heavy atom. The van der Waals surface area contributed by atoms with Crippen LogP contribution < -0.4 is 17.0 Å². The summed E-state index contributed by atoms with van der Waals surface area (Å²) in [6.07, 6.45) is 1.44. The van der Waals surface area contributed by atoms with Crippen LogP contribution in [0.25, 0.3) is 11.2 Å². The van der Waals surface area contributed by atoms with E-state index in [1.807, 2.05) is 18.2 Å². The molecule has 160 valence electrons. The average Bonchev–Trinajstić information content (AvgIpc) is 3.36. The molecule has 10 heteroatoms. The number of benzene rings is 1. The molecule has 1 amide bonds. The number of halogens is 1. The molecule has 1 saturated heterocycles. The van der Waals surface area contributed by atoms with Gasteiger partial charge in [-0.2, -0.15) is 0 Å². The Labute approximate surface area is 179 Å². The van der Waals surface area contributed by atoms with Crippen molar-refractivity contribution in [3.05, 3.63) is 63.1 Å². The first-order valence-corrected chi connectivity index (χ1v) is 9.56. The fourth-order valence-electron chi connectivity index (χ4n) is 4.15. The van der Waals surface area contributed by atoms with E-state index in [2.05, 4.69) is 17.1 Å². The molecule has 3 heterocycles. The van der Waals surface area contributed by atoms with Crippen molar-refractivity contribution in [3.8, 4) is 0 Å². The van der Waals surface area contributed by atoms with Crippen molar-refractivity contribution < 1.29 is 4.79 Å². The van der Waals surface area contributed by atoms with Crippen LogP contribution >= 0.6 is 12.4 Å². The van der Waals surface area contributed by atoms with Gasteiger partial charge in [0.1, 0.15) is 6.54 Å². The van der Waals surface area contributed by atoms with Crippen molar-refractivity contribution in [1.82, 2.24) is 23.6 Å². The van der Waals surface area contributed by atoms with E-state index in [4.69, 9.17) is 5.73 Å². The number of hydrogen-bond acceptors (Lipinski definition) is 5. The van der Waals surface area contributed by atoms with Crippen molar-refractivity contribution >= 4 is 29.5 Å². The first kappa shape index (κ1) is 21.8. The van der Waals surface area contributed by atoms with Crippen molar-refractivity contribution in [2.75, 3.05) is 19.6 Å². The quantitative estimate of drug-likeness (QED) is 0.627. The molecule has 0 saturated carbocycles. The Kier molecular flexibility index (Phi) is 6.14. The minimum atomic E-state index is -0.461. The fourth-order valence-corrected chi connectivity index (χ4v) is 4.15. The molecule has 1 aromatic carbocycles. The van der Waals surface area contributed by atoms with Crippen molar-refractivity contribution in [3.63, 3.8) is 0 Å². The van der Waals surface area contributed by atoms with Gasteiger partial charge in [-0.3, -0.25) is 18.7 Å². The molecule has 0 unspecified atom stereocenters. The van der Waals surface area contributed by atoms with Crippen LogP contribution in [0.4, 0.5) is 0 Å². The van der Waals surface area contributed by atoms with Crippen LogP contribution in [-0.2, 0) is 25.4 Å². The predicted molar refractivity (Wildman–Crippen MR) is 116 cm³/mol. The Bertz CT molecular complexity index is 1180. The largest absolute Gasteiger partial charge is 0.340 e. The summed E-state index contributed by atoms with van der Waals surface area (Å²) in [7, 11) is 2.97. The maximum absolute atomic E-state index is 13.0. The second kappa shape index (κ2) is 8.45. The molecule has 0 radical (unpaired) electrons. The molecule has 2 aromatic heterocycles. The summed E-state index contributed by atoms with van der Waals surface area (Å²) in [6.45, 7) is 1.66. The van der Waals surface area contributed by atoms with E-state index in [1.165, 1.54) is 28.1 Å². The van der Waals surface area contributed by atoms with E-state index in [1.54, 1.807) is 11.9 Å². The number of carbonyl (C=O) groups excluding carboxylic acids is 1. The summed E-state index contributed by atoms with van der Waals surface area (Å²) in [4.78, 5) is 43.6. The van der Waals surface area contributed by atoms with Crippen molar-refractivity contribution in [1.29, 1.82) is 0 Å². The van der Waals surface area contributed by atoms with Gasteiger partial charge < -0.3 is 15.2 Å². The SMILES string of the molecule is Cl.Cn1c(=O)c2c(ncn2CC(=O)N2C[C@@H](CN)[C@H](c3ccccc3)C2)n(C)c1=O. The van der Waals surface area contributed by atoms with Crippen molar-refractivity contribution in [2.45, 2.75) is 12.5 Å². The molecule has 30 heavy (non-hydrogen) atoms. The summed E-state index contributed by atoms with van der Waals surface area (Å²) in [5, 5.41) is 0. The number of carbonyl (C=O) groups is 1. The number of hydrogen-bond donors (Lipinski definition) is 1. The molecule has 3 aromatic rings. The summed E-state index contributed by atoms with van der Waals surface area (Å²) < 4.78 is 3.85. The first-order chi connectivity index (χ1) is 13.9. The van der Waals surface area contributed by atoms with Crippen LogP contribution in [0.15, 0.2) is 46.2 Å². The number of aryl methyl sites for hydroxylation is 1. The molecule has 0 bridgehead atoms. The van der Waals surface area contributed by atoms with Crippen molar-refractivity contribution in [2.24, 2.45) is 25.7 Å². The van der Waals surface area contributed by atoms with Gasteiger partial charge in [-0.05, 0) is 18.0 Å². The summed E-state index contributed by atoms with van der Waals surface area (Å²) in [6, 6.07) is 10.1. The standard InChI is InChI=1S/C20H24N6O3.ClH/c1-23-18-17(19(28)24(2)20(23)29)26(12-22-18)11-16(27)25-9-14(8-21)15(10-25)13-6-4-3-5-7-13;/h3-7,12,14-15H,8-11,21H2,1-2H3;1H/t14-,15+;/m1./s1. The third-order valence-electron chi connectivity index (χ3n) is 5.85. The number of fused-ring (bicyclic) bond motifs is 1. The van der Waals surface area contributed by atoms with Gasteiger partial charge in [-0.25, -0.2) is 9.78 Å². The molecule has 0 spiro atoms. The van der Waals surface area contributed by atoms with Gasteiger partial charge in [0.2, 0.25) is 5.91 Å². The highest BCUT2D eigenvalue weighted by molar-refractivity contribution is 5.85. The number of aromatic nitrogens is 4. The maximum Gasteiger partial charge on any atom is 0.332 e. The summed E-state index contributed by atoms with van der Waals surface area (Å²) in [5.74, 6) is 0.282. The molecule has 0 aliphatic carbocycles.